The van der Waals surface area contributed by atoms with Crippen molar-refractivity contribution in [2.45, 2.75) is 13.8 Å². The second-order valence-electron chi connectivity index (χ2n) is 6.38. The minimum Gasteiger partial charge on any atom is -0.484 e. The number of carbonyl (C=O) groups excluding carboxylic acids is 1. The zero-order valence-electron chi connectivity index (χ0n) is 15.1. The van der Waals surface area contributed by atoms with Gasteiger partial charge in [-0.05, 0) is 49.2 Å². The molecular weight excluding hydrogens is 358 g/mol. The van der Waals surface area contributed by atoms with Crippen molar-refractivity contribution in [2.75, 3.05) is 11.9 Å². The van der Waals surface area contributed by atoms with Crippen molar-refractivity contribution in [2.24, 2.45) is 0 Å². The van der Waals surface area contributed by atoms with Crippen LogP contribution in [-0.4, -0.2) is 21.9 Å². The summed E-state index contributed by atoms with van der Waals surface area (Å²) in [7, 11) is 0. The van der Waals surface area contributed by atoms with Gasteiger partial charge in [0, 0.05) is 29.0 Å². The standard InChI is InChI=1S/C21H19N3O2S/c1-14-3-8-18(11-15(14)2)26-13-20(25)22-17-6-4-16(5-7-17)19-12-24-9-10-27-21(24)23-19/h3-12H,13H2,1-2H3,(H,22,25). The number of fused-ring (bicyclic) bond motifs is 1. The van der Waals surface area contributed by atoms with Gasteiger partial charge in [-0.3, -0.25) is 9.20 Å². The summed E-state index contributed by atoms with van der Waals surface area (Å²) in [5.74, 6) is 0.506. The van der Waals surface area contributed by atoms with Crippen molar-refractivity contribution in [3.63, 3.8) is 0 Å². The lowest BCUT2D eigenvalue weighted by Gasteiger charge is -2.09. The molecule has 5 nitrogen and oxygen atoms in total. The summed E-state index contributed by atoms with van der Waals surface area (Å²) in [6.07, 6.45) is 3.98. The molecule has 0 saturated carbocycles. The molecule has 1 amide bonds. The number of benzene rings is 2. The van der Waals surface area contributed by atoms with E-state index in [-0.39, 0.29) is 12.5 Å². The minimum atomic E-state index is -0.191. The summed E-state index contributed by atoms with van der Waals surface area (Å²) >= 11 is 1.60. The van der Waals surface area contributed by atoms with Crippen LogP contribution in [0.5, 0.6) is 5.75 Å². The fourth-order valence-corrected chi connectivity index (χ4v) is 3.44. The molecule has 0 aliphatic rings. The Bertz CT molecular complexity index is 1070. The minimum absolute atomic E-state index is 0.0262. The molecular formula is C21H19N3O2S. The molecule has 2 heterocycles. The van der Waals surface area contributed by atoms with Gasteiger partial charge >= 0.3 is 0 Å². The average Bonchev–Trinajstić information content (AvgIpc) is 3.25. The maximum absolute atomic E-state index is 12.1. The molecule has 4 rings (SSSR count). The number of thiazole rings is 1. The van der Waals surface area contributed by atoms with Gasteiger partial charge in [0.15, 0.2) is 11.6 Å². The fourth-order valence-electron chi connectivity index (χ4n) is 2.74. The van der Waals surface area contributed by atoms with Crippen molar-refractivity contribution < 1.29 is 9.53 Å². The van der Waals surface area contributed by atoms with Crippen molar-refractivity contribution in [3.05, 3.63) is 71.4 Å². The summed E-state index contributed by atoms with van der Waals surface area (Å²) in [6, 6.07) is 13.4. The van der Waals surface area contributed by atoms with Gasteiger partial charge in [-0.15, -0.1) is 11.3 Å². The zero-order valence-corrected chi connectivity index (χ0v) is 15.9. The number of hydrogen-bond donors (Lipinski definition) is 1. The van der Waals surface area contributed by atoms with Gasteiger partial charge in [0.25, 0.3) is 5.91 Å². The number of aromatic nitrogens is 2. The van der Waals surface area contributed by atoms with Crippen LogP contribution in [0.25, 0.3) is 16.2 Å². The van der Waals surface area contributed by atoms with E-state index in [0.717, 1.165) is 27.5 Å². The Labute approximate surface area is 161 Å². The van der Waals surface area contributed by atoms with Crippen LogP contribution in [0.2, 0.25) is 0 Å². The Hall–Kier alpha value is -3.12. The topological polar surface area (TPSA) is 55.6 Å². The number of amides is 1. The molecule has 0 saturated heterocycles. The van der Waals surface area contributed by atoms with E-state index in [1.165, 1.54) is 5.56 Å². The van der Waals surface area contributed by atoms with E-state index in [4.69, 9.17) is 4.74 Å². The van der Waals surface area contributed by atoms with Crippen LogP contribution < -0.4 is 10.1 Å². The van der Waals surface area contributed by atoms with E-state index in [1.54, 1.807) is 11.3 Å². The van der Waals surface area contributed by atoms with Crippen LogP contribution in [0.4, 0.5) is 5.69 Å². The first-order chi connectivity index (χ1) is 13.1. The Morgan fingerprint density at radius 3 is 2.70 bits per heavy atom. The molecule has 6 heteroatoms. The van der Waals surface area contributed by atoms with Crippen LogP contribution in [0, 0.1) is 13.8 Å². The molecule has 4 aromatic rings. The Morgan fingerprint density at radius 1 is 1.15 bits per heavy atom. The molecule has 136 valence electrons. The maximum Gasteiger partial charge on any atom is 0.262 e. The van der Waals surface area contributed by atoms with E-state index in [1.807, 2.05) is 78.5 Å². The van der Waals surface area contributed by atoms with Crippen molar-refractivity contribution >= 4 is 27.9 Å². The number of hydrogen-bond acceptors (Lipinski definition) is 4. The highest BCUT2D eigenvalue weighted by Gasteiger charge is 2.07. The molecule has 1 N–H and O–H groups in total. The molecule has 0 atom stereocenters. The SMILES string of the molecule is Cc1ccc(OCC(=O)Nc2ccc(-c3cn4ccsc4n3)cc2)cc1C. The fraction of sp³-hybridized carbons (Fsp3) is 0.143. The number of nitrogens with zero attached hydrogens (tertiary/aromatic N) is 2. The first kappa shape index (κ1) is 17.3. The molecule has 2 aromatic heterocycles. The smallest absolute Gasteiger partial charge is 0.262 e. The Morgan fingerprint density at radius 2 is 1.96 bits per heavy atom. The number of imidazole rings is 1. The molecule has 0 unspecified atom stereocenters. The van der Waals surface area contributed by atoms with E-state index in [2.05, 4.69) is 10.3 Å². The van der Waals surface area contributed by atoms with Gasteiger partial charge in [0.2, 0.25) is 0 Å². The van der Waals surface area contributed by atoms with Crippen LogP contribution in [0.15, 0.2) is 60.2 Å². The molecule has 0 aliphatic carbocycles. The predicted octanol–water partition coefficient (Wildman–Crippen LogP) is 4.70. The van der Waals surface area contributed by atoms with Gasteiger partial charge in [0.05, 0.1) is 5.69 Å². The van der Waals surface area contributed by atoms with Crippen molar-refractivity contribution in [1.29, 1.82) is 0 Å². The molecule has 0 aliphatic heterocycles. The lowest BCUT2D eigenvalue weighted by atomic mass is 10.1. The van der Waals surface area contributed by atoms with Gasteiger partial charge in [-0.2, -0.15) is 0 Å². The van der Waals surface area contributed by atoms with E-state index in [0.29, 0.717) is 5.75 Å². The monoisotopic (exact) mass is 377 g/mol. The lowest BCUT2D eigenvalue weighted by Crippen LogP contribution is -2.20. The lowest BCUT2D eigenvalue weighted by molar-refractivity contribution is -0.118. The summed E-state index contributed by atoms with van der Waals surface area (Å²) in [5, 5.41) is 4.86. The zero-order chi connectivity index (χ0) is 18.8. The molecule has 27 heavy (non-hydrogen) atoms. The highest BCUT2D eigenvalue weighted by Crippen LogP contribution is 2.23. The number of aryl methyl sites for hydroxylation is 2. The maximum atomic E-state index is 12.1. The van der Waals surface area contributed by atoms with Gasteiger partial charge in [-0.1, -0.05) is 18.2 Å². The molecule has 0 fully saturated rings. The first-order valence-electron chi connectivity index (χ1n) is 8.61. The Balaban J connectivity index is 1.36. The first-order valence-corrected chi connectivity index (χ1v) is 9.49. The third kappa shape index (κ3) is 3.85. The third-order valence-electron chi connectivity index (χ3n) is 4.41. The highest BCUT2D eigenvalue weighted by molar-refractivity contribution is 7.15. The van der Waals surface area contributed by atoms with Crippen LogP contribution in [0.1, 0.15) is 11.1 Å². The van der Waals surface area contributed by atoms with Crippen LogP contribution in [0.3, 0.4) is 0 Å². The summed E-state index contributed by atoms with van der Waals surface area (Å²) in [4.78, 5) is 17.7. The summed E-state index contributed by atoms with van der Waals surface area (Å²) in [5.41, 5.74) is 4.99. The largest absolute Gasteiger partial charge is 0.484 e. The summed E-state index contributed by atoms with van der Waals surface area (Å²) in [6.45, 7) is 4.04. The highest BCUT2D eigenvalue weighted by atomic mass is 32.1. The quantitative estimate of drug-likeness (QED) is 0.549. The third-order valence-corrected chi connectivity index (χ3v) is 5.18. The normalized spacial score (nSPS) is 10.9. The number of rotatable bonds is 5. The molecule has 0 radical (unpaired) electrons. The van der Waals surface area contributed by atoms with Gasteiger partial charge < -0.3 is 10.1 Å². The molecule has 2 aromatic carbocycles. The van der Waals surface area contributed by atoms with Crippen molar-refractivity contribution in [1.82, 2.24) is 9.38 Å². The average molecular weight is 377 g/mol. The summed E-state index contributed by atoms with van der Waals surface area (Å²) < 4.78 is 7.57. The number of ether oxygens (including phenoxy) is 1. The van der Waals surface area contributed by atoms with Crippen molar-refractivity contribution in [3.8, 4) is 17.0 Å². The Kier molecular flexibility index (Phi) is 4.64. The molecule has 0 bridgehead atoms. The van der Waals surface area contributed by atoms with E-state index < -0.39 is 0 Å². The second kappa shape index (κ2) is 7.25. The van der Waals surface area contributed by atoms with Gasteiger partial charge in [-0.25, -0.2) is 4.98 Å². The number of carbonyl (C=O) groups is 1. The van der Waals surface area contributed by atoms with Gasteiger partial charge in [0.1, 0.15) is 5.75 Å². The number of nitrogens with one attached hydrogen (secondary N) is 1. The van der Waals surface area contributed by atoms with Crippen LogP contribution >= 0.6 is 11.3 Å². The van der Waals surface area contributed by atoms with Crippen LogP contribution in [-0.2, 0) is 4.79 Å². The molecule has 0 spiro atoms. The van der Waals surface area contributed by atoms with E-state index >= 15 is 0 Å². The number of anilines is 1. The second-order valence-corrected chi connectivity index (χ2v) is 7.25. The predicted molar refractivity (Wildman–Crippen MR) is 109 cm³/mol. The van der Waals surface area contributed by atoms with E-state index in [9.17, 15) is 4.79 Å².